The molecule has 1 aromatic carbocycles. The van der Waals surface area contributed by atoms with Crippen LogP contribution in [0.2, 0.25) is 0 Å². The van der Waals surface area contributed by atoms with Crippen molar-refractivity contribution in [2.45, 2.75) is 12.5 Å². The van der Waals surface area contributed by atoms with Gasteiger partial charge in [-0.15, -0.1) is 6.42 Å². The standard InChI is InChI=1S/C10H10FN/c1-2-10(12)7-8-3-5-9(11)6-4-8/h1,3-6,10H,7,12H2. The molecule has 0 saturated heterocycles. The Hall–Kier alpha value is -1.33. The van der Waals surface area contributed by atoms with Gasteiger partial charge in [0.25, 0.3) is 0 Å². The van der Waals surface area contributed by atoms with E-state index in [9.17, 15) is 4.39 Å². The molecule has 1 unspecified atom stereocenters. The third kappa shape index (κ3) is 2.37. The summed E-state index contributed by atoms with van der Waals surface area (Å²) in [5.74, 6) is 2.17. The second-order valence-electron chi connectivity index (χ2n) is 2.60. The Morgan fingerprint density at radius 3 is 2.50 bits per heavy atom. The van der Waals surface area contributed by atoms with E-state index in [0.717, 1.165) is 5.56 Å². The number of rotatable bonds is 2. The molecule has 0 bridgehead atoms. The predicted molar refractivity (Wildman–Crippen MR) is 46.9 cm³/mol. The summed E-state index contributed by atoms with van der Waals surface area (Å²) in [7, 11) is 0. The van der Waals surface area contributed by atoms with E-state index in [4.69, 9.17) is 12.2 Å². The summed E-state index contributed by atoms with van der Waals surface area (Å²) in [6.45, 7) is 0. The predicted octanol–water partition coefficient (Wildman–Crippen LogP) is 1.33. The molecule has 0 aliphatic heterocycles. The first-order chi connectivity index (χ1) is 5.72. The van der Waals surface area contributed by atoms with Crippen LogP contribution >= 0.6 is 0 Å². The third-order valence-corrected chi connectivity index (χ3v) is 1.58. The number of hydrogen-bond acceptors (Lipinski definition) is 1. The Morgan fingerprint density at radius 1 is 1.42 bits per heavy atom. The molecule has 62 valence electrons. The fraction of sp³-hybridized carbons (Fsp3) is 0.200. The van der Waals surface area contributed by atoms with Gasteiger partial charge in [0, 0.05) is 0 Å². The molecule has 0 radical (unpaired) electrons. The smallest absolute Gasteiger partial charge is 0.123 e. The summed E-state index contributed by atoms with van der Waals surface area (Å²) < 4.78 is 12.4. The van der Waals surface area contributed by atoms with E-state index in [1.54, 1.807) is 12.1 Å². The fourth-order valence-electron chi connectivity index (χ4n) is 0.933. The number of benzene rings is 1. The van der Waals surface area contributed by atoms with E-state index in [1.807, 2.05) is 0 Å². The summed E-state index contributed by atoms with van der Waals surface area (Å²) in [6.07, 6.45) is 5.69. The van der Waals surface area contributed by atoms with Gasteiger partial charge in [-0.05, 0) is 24.1 Å². The van der Waals surface area contributed by atoms with Gasteiger partial charge in [-0.1, -0.05) is 18.1 Å². The fourth-order valence-corrected chi connectivity index (χ4v) is 0.933. The molecule has 0 aromatic heterocycles. The van der Waals surface area contributed by atoms with E-state index in [1.165, 1.54) is 12.1 Å². The minimum Gasteiger partial charge on any atom is -0.317 e. The molecule has 0 amide bonds. The summed E-state index contributed by atoms with van der Waals surface area (Å²) in [6, 6.07) is 5.89. The van der Waals surface area contributed by atoms with Gasteiger partial charge >= 0.3 is 0 Å². The van der Waals surface area contributed by atoms with Crippen LogP contribution in [-0.2, 0) is 6.42 Å². The molecule has 0 aliphatic carbocycles. The maximum Gasteiger partial charge on any atom is 0.123 e. The summed E-state index contributed by atoms with van der Waals surface area (Å²) >= 11 is 0. The zero-order valence-corrected chi connectivity index (χ0v) is 6.63. The summed E-state index contributed by atoms with van der Waals surface area (Å²) in [5.41, 5.74) is 6.47. The van der Waals surface area contributed by atoms with Gasteiger partial charge in [0.15, 0.2) is 0 Å². The first-order valence-electron chi connectivity index (χ1n) is 3.68. The van der Waals surface area contributed by atoms with Gasteiger partial charge in [-0.3, -0.25) is 0 Å². The molecule has 0 aliphatic rings. The monoisotopic (exact) mass is 163 g/mol. The van der Waals surface area contributed by atoms with E-state index in [-0.39, 0.29) is 11.9 Å². The van der Waals surface area contributed by atoms with Crippen LogP contribution < -0.4 is 5.73 Å². The molecular formula is C10H10FN. The molecular weight excluding hydrogens is 153 g/mol. The lowest BCUT2D eigenvalue weighted by Crippen LogP contribution is -2.19. The Kier molecular flexibility index (Phi) is 2.84. The van der Waals surface area contributed by atoms with Crippen LogP contribution in [0.4, 0.5) is 4.39 Å². The highest BCUT2D eigenvalue weighted by Crippen LogP contribution is 2.04. The molecule has 0 spiro atoms. The van der Waals surface area contributed by atoms with Crippen molar-refractivity contribution in [1.82, 2.24) is 0 Å². The van der Waals surface area contributed by atoms with Crippen LogP contribution in [0.3, 0.4) is 0 Å². The molecule has 2 N–H and O–H groups in total. The van der Waals surface area contributed by atoms with Crippen LogP contribution in [0.15, 0.2) is 24.3 Å². The van der Waals surface area contributed by atoms with Gasteiger partial charge in [-0.25, -0.2) is 4.39 Å². The highest BCUT2D eigenvalue weighted by molar-refractivity contribution is 5.19. The highest BCUT2D eigenvalue weighted by Gasteiger charge is 1.99. The molecule has 1 atom stereocenters. The molecule has 0 heterocycles. The van der Waals surface area contributed by atoms with Crippen LogP contribution in [0.25, 0.3) is 0 Å². The second kappa shape index (κ2) is 3.89. The van der Waals surface area contributed by atoms with Gasteiger partial charge in [0.2, 0.25) is 0 Å². The van der Waals surface area contributed by atoms with Gasteiger partial charge in [0.05, 0.1) is 6.04 Å². The topological polar surface area (TPSA) is 26.0 Å². The van der Waals surface area contributed by atoms with Crippen molar-refractivity contribution < 1.29 is 4.39 Å². The van der Waals surface area contributed by atoms with Crippen LogP contribution in [0, 0.1) is 18.2 Å². The zero-order chi connectivity index (χ0) is 8.97. The van der Waals surface area contributed by atoms with Crippen molar-refractivity contribution in [3.8, 4) is 12.3 Å². The number of hydrogen-bond donors (Lipinski definition) is 1. The quantitative estimate of drug-likeness (QED) is 0.654. The normalized spacial score (nSPS) is 12.1. The van der Waals surface area contributed by atoms with E-state index < -0.39 is 0 Å². The lowest BCUT2D eigenvalue weighted by Gasteiger charge is -2.03. The third-order valence-electron chi connectivity index (χ3n) is 1.58. The Labute approximate surface area is 71.4 Å². The average Bonchev–Trinajstić information content (AvgIpc) is 2.09. The Bertz CT molecular complexity index is 284. The molecule has 0 fully saturated rings. The molecule has 12 heavy (non-hydrogen) atoms. The lowest BCUT2D eigenvalue weighted by molar-refractivity contribution is 0.626. The van der Waals surface area contributed by atoms with Gasteiger partial charge in [0.1, 0.15) is 5.82 Å². The Balaban J connectivity index is 2.66. The largest absolute Gasteiger partial charge is 0.317 e. The van der Waals surface area contributed by atoms with E-state index >= 15 is 0 Å². The first kappa shape index (κ1) is 8.76. The second-order valence-corrected chi connectivity index (χ2v) is 2.60. The minimum atomic E-state index is -0.282. The SMILES string of the molecule is C#CC(N)Cc1ccc(F)cc1. The zero-order valence-electron chi connectivity index (χ0n) is 6.63. The minimum absolute atomic E-state index is 0.243. The molecule has 2 heteroatoms. The van der Waals surface area contributed by atoms with Gasteiger partial charge in [-0.2, -0.15) is 0 Å². The average molecular weight is 163 g/mol. The Morgan fingerprint density at radius 2 is 2.00 bits per heavy atom. The van der Waals surface area contributed by atoms with Crippen molar-refractivity contribution in [2.24, 2.45) is 5.73 Å². The number of halogens is 1. The van der Waals surface area contributed by atoms with Crippen molar-refractivity contribution in [2.75, 3.05) is 0 Å². The van der Waals surface area contributed by atoms with Gasteiger partial charge < -0.3 is 5.73 Å². The summed E-state index contributed by atoms with van der Waals surface area (Å²) in [5, 5.41) is 0. The lowest BCUT2D eigenvalue weighted by atomic mass is 10.1. The molecule has 0 saturated carbocycles. The molecule has 1 rings (SSSR count). The number of terminal acetylenes is 1. The summed E-state index contributed by atoms with van der Waals surface area (Å²) in [4.78, 5) is 0. The van der Waals surface area contributed by atoms with Crippen LogP contribution in [0.5, 0.6) is 0 Å². The van der Waals surface area contributed by atoms with Crippen LogP contribution in [-0.4, -0.2) is 6.04 Å². The maximum absolute atomic E-state index is 12.4. The van der Waals surface area contributed by atoms with Crippen LogP contribution in [0.1, 0.15) is 5.56 Å². The molecule has 1 nitrogen and oxygen atoms in total. The highest BCUT2D eigenvalue weighted by atomic mass is 19.1. The van der Waals surface area contributed by atoms with Crippen molar-refractivity contribution in [1.29, 1.82) is 0 Å². The van der Waals surface area contributed by atoms with Crippen molar-refractivity contribution in [3.05, 3.63) is 35.6 Å². The maximum atomic E-state index is 12.4. The number of nitrogens with two attached hydrogens (primary N) is 1. The first-order valence-corrected chi connectivity index (χ1v) is 3.68. The van der Waals surface area contributed by atoms with E-state index in [2.05, 4.69) is 5.92 Å². The van der Waals surface area contributed by atoms with E-state index in [0.29, 0.717) is 6.42 Å². The van der Waals surface area contributed by atoms with Crippen molar-refractivity contribution in [3.63, 3.8) is 0 Å². The van der Waals surface area contributed by atoms with Crippen molar-refractivity contribution >= 4 is 0 Å². The molecule has 1 aromatic rings.